The molecule has 16 heavy (non-hydrogen) atoms. The number of hydrogen-bond donors (Lipinski definition) is 1. The van der Waals surface area contributed by atoms with Crippen LogP contribution >= 0.6 is 0 Å². The third kappa shape index (κ3) is 4.06. The summed E-state index contributed by atoms with van der Waals surface area (Å²) in [6.07, 6.45) is 1.75. The summed E-state index contributed by atoms with van der Waals surface area (Å²) in [4.78, 5) is 0. The van der Waals surface area contributed by atoms with Crippen molar-refractivity contribution in [3.8, 4) is 0 Å². The molecule has 0 amide bonds. The number of hydrogen-bond acceptors (Lipinski definition) is 2. The number of nitrogens with one attached hydrogen (secondary N) is 1. The average molecular weight is 239 g/mol. The van der Waals surface area contributed by atoms with Crippen molar-refractivity contribution in [3.63, 3.8) is 0 Å². The van der Waals surface area contributed by atoms with E-state index in [0.29, 0.717) is 0 Å². The second kappa shape index (κ2) is 6.16. The van der Waals surface area contributed by atoms with E-state index >= 15 is 0 Å². The summed E-state index contributed by atoms with van der Waals surface area (Å²) in [7, 11) is -0.740. The lowest BCUT2D eigenvalue weighted by Gasteiger charge is -2.11. The third-order valence-corrected chi connectivity index (χ3v) is 4.11. The highest BCUT2D eigenvalue weighted by Gasteiger charge is 2.05. The molecule has 0 aromatic heterocycles. The minimum atomic E-state index is -0.740. The first-order chi connectivity index (χ1) is 7.50. The Labute approximate surface area is 101 Å². The van der Waals surface area contributed by atoms with Gasteiger partial charge in [-0.15, -0.1) is 0 Å². The standard InChI is InChI=1S/C13H21NOS/c1-10-5-6-13(11(2)7-10)9-14-8-12(3)16(4)15/h5-7,12,14H,8-9H2,1-4H3. The summed E-state index contributed by atoms with van der Waals surface area (Å²) in [5, 5.41) is 3.56. The lowest BCUT2D eigenvalue weighted by molar-refractivity contribution is 0.646. The van der Waals surface area contributed by atoms with Gasteiger partial charge in [-0.25, -0.2) is 0 Å². The molecular formula is C13H21NOS. The average Bonchev–Trinajstić information content (AvgIpc) is 2.20. The summed E-state index contributed by atoms with van der Waals surface area (Å²) >= 11 is 0. The summed E-state index contributed by atoms with van der Waals surface area (Å²) in [5.41, 5.74) is 3.93. The van der Waals surface area contributed by atoms with Crippen molar-refractivity contribution >= 4 is 10.8 Å². The molecular weight excluding hydrogens is 218 g/mol. The second-order valence-corrected chi connectivity index (χ2v) is 6.17. The van der Waals surface area contributed by atoms with Gasteiger partial charge in [0.2, 0.25) is 0 Å². The molecule has 0 saturated carbocycles. The molecule has 0 radical (unpaired) electrons. The van der Waals surface area contributed by atoms with Crippen LogP contribution in [0.4, 0.5) is 0 Å². The van der Waals surface area contributed by atoms with Crippen LogP contribution in [0.2, 0.25) is 0 Å². The molecule has 0 heterocycles. The predicted octanol–water partition coefficient (Wildman–Crippen LogP) is 2.16. The highest BCUT2D eigenvalue weighted by Crippen LogP contribution is 2.10. The summed E-state index contributed by atoms with van der Waals surface area (Å²) in [6.45, 7) is 7.90. The first kappa shape index (κ1) is 13.4. The summed E-state index contributed by atoms with van der Waals surface area (Å²) < 4.78 is 11.2. The number of benzene rings is 1. The van der Waals surface area contributed by atoms with Gasteiger partial charge in [-0.2, -0.15) is 0 Å². The maximum Gasteiger partial charge on any atom is 0.0441 e. The van der Waals surface area contributed by atoms with Crippen LogP contribution in [0.15, 0.2) is 18.2 Å². The molecule has 1 aromatic carbocycles. The van der Waals surface area contributed by atoms with Crippen LogP contribution in [0.1, 0.15) is 23.6 Å². The molecule has 0 spiro atoms. The SMILES string of the molecule is Cc1ccc(CNCC(C)S(C)=O)c(C)c1. The largest absolute Gasteiger partial charge is 0.311 e. The third-order valence-electron chi connectivity index (χ3n) is 2.81. The van der Waals surface area contributed by atoms with Gasteiger partial charge in [-0.3, -0.25) is 4.21 Å². The van der Waals surface area contributed by atoms with Gasteiger partial charge in [0.1, 0.15) is 0 Å². The van der Waals surface area contributed by atoms with Crippen molar-refractivity contribution in [1.82, 2.24) is 5.32 Å². The Hall–Kier alpha value is -0.670. The van der Waals surface area contributed by atoms with E-state index in [4.69, 9.17) is 0 Å². The molecule has 0 aliphatic carbocycles. The fraction of sp³-hybridized carbons (Fsp3) is 0.538. The quantitative estimate of drug-likeness (QED) is 0.853. The molecule has 2 unspecified atom stereocenters. The number of rotatable bonds is 5. The molecule has 0 saturated heterocycles. The van der Waals surface area contributed by atoms with E-state index in [0.717, 1.165) is 13.1 Å². The Morgan fingerprint density at radius 1 is 1.38 bits per heavy atom. The zero-order valence-corrected chi connectivity index (χ0v) is 11.4. The van der Waals surface area contributed by atoms with Gasteiger partial charge in [0.25, 0.3) is 0 Å². The van der Waals surface area contributed by atoms with Crippen molar-refractivity contribution in [1.29, 1.82) is 0 Å². The Balaban J connectivity index is 2.46. The zero-order chi connectivity index (χ0) is 12.1. The van der Waals surface area contributed by atoms with Gasteiger partial charge in [0.05, 0.1) is 0 Å². The lowest BCUT2D eigenvalue weighted by atomic mass is 10.1. The molecule has 0 bridgehead atoms. The second-order valence-electron chi connectivity index (χ2n) is 4.37. The van der Waals surface area contributed by atoms with Crippen LogP contribution in [-0.2, 0) is 17.3 Å². The molecule has 3 heteroatoms. The van der Waals surface area contributed by atoms with Crippen LogP contribution in [0, 0.1) is 13.8 Å². The molecule has 0 fully saturated rings. The van der Waals surface area contributed by atoms with Crippen LogP contribution in [-0.4, -0.2) is 22.3 Å². The zero-order valence-electron chi connectivity index (χ0n) is 10.5. The monoisotopic (exact) mass is 239 g/mol. The maximum atomic E-state index is 11.2. The smallest absolute Gasteiger partial charge is 0.0441 e. The summed E-state index contributed by atoms with van der Waals surface area (Å²) in [6, 6.07) is 6.48. The molecule has 1 N–H and O–H groups in total. The molecule has 1 aromatic rings. The molecule has 2 nitrogen and oxygen atoms in total. The maximum absolute atomic E-state index is 11.2. The van der Waals surface area contributed by atoms with Crippen LogP contribution in [0.25, 0.3) is 0 Å². The first-order valence-electron chi connectivity index (χ1n) is 5.59. The topological polar surface area (TPSA) is 29.1 Å². The van der Waals surface area contributed by atoms with Crippen LogP contribution in [0.3, 0.4) is 0 Å². The van der Waals surface area contributed by atoms with Crippen molar-refractivity contribution in [2.75, 3.05) is 12.8 Å². The Bertz CT molecular complexity index is 376. The van der Waals surface area contributed by atoms with E-state index in [2.05, 4.69) is 37.4 Å². The van der Waals surface area contributed by atoms with Gasteiger partial charge < -0.3 is 5.32 Å². The fourth-order valence-corrected chi connectivity index (χ4v) is 1.92. The van der Waals surface area contributed by atoms with Gasteiger partial charge in [0.15, 0.2) is 0 Å². The Morgan fingerprint density at radius 3 is 2.62 bits per heavy atom. The minimum Gasteiger partial charge on any atom is -0.311 e. The first-order valence-corrected chi connectivity index (χ1v) is 7.22. The van der Waals surface area contributed by atoms with E-state index in [1.54, 1.807) is 6.26 Å². The van der Waals surface area contributed by atoms with E-state index in [9.17, 15) is 4.21 Å². The minimum absolute atomic E-state index is 0.214. The molecule has 2 atom stereocenters. The Morgan fingerprint density at radius 2 is 2.06 bits per heavy atom. The van der Waals surface area contributed by atoms with Crippen molar-refractivity contribution in [3.05, 3.63) is 34.9 Å². The molecule has 1 rings (SSSR count). The normalized spacial score (nSPS) is 14.8. The molecule has 0 aliphatic heterocycles. The van der Waals surface area contributed by atoms with Gasteiger partial charge in [-0.1, -0.05) is 23.8 Å². The van der Waals surface area contributed by atoms with Crippen LogP contribution < -0.4 is 5.32 Å². The van der Waals surface area contributed by atoms with E-state index < -0.39 is 10.8 Å². The Kier molecular flexibility index (Phi) is 5.16. The highest BCUT2D eigenvalue weighted by molar-refractivity contribution is 7.84. The van der Waals surface area contributed by atoms with Crippen molar-refractivity contribution < 1.29 is 4.21 Å². The van der Waals surface area contributed by atoms with E-state index in [1.165, 1.54) is 16.7 Å². The van der Waals surface area contributed by atoms with Gasteiger partial charge in [0, 0.05) is 35.4 Å². The molecule has 90 valence electrons. The highest BCUT2D eigenvalue weighted by atomic mass is 32.2. The van der Waals surface area contributed by atoms with Gasteiger partial charge in [-0.05, 0) is 31.9 Å². The predicted molar refractivity (Wildman–Crippen MR) is 71.2 cm³/mol. The van der Waals surface area contributed by atoms with Crippen molar-refractivity contribution in [2.45, 2.75) is 32.6 Å². The van der Waals surface area contributed by atoms with E-state index in [1.807, 2.05) is 6.92 Å². The molecule has 0 aliphatic rings. The van der Waals surface area contributed by atoms with Crippen LogP contribution in [0.5, 0.6) is 0 Å². The van der Waals surface area contributed by atoms with E-state index in [-0.39, 0.29) is 5.25 Å². The number of aryl methyl sites for hydroxylation is 2. The van der Waals surface area contributed by atoms with Gasteiger partial charge >= 0.3 is 0 Å². The van der Waals surface area contributed by atoms with Crippen molar-refractivity contribution in [2.24, 2.45) is 0 Å². The summed E-state index contributed by atoms with van der Waals surface area (Å²) in [5.74, 6) is 0. The fourth-order valence-electron chi connectivity index (χ4n) is 1.57. The lowest BCUT2D eigenvalue weighted by Crippen LogP contribution is -2.27.